The highest BCUT2D eigenvalue weighted by molar-refractivity contribution is 7.09. The second-order valence-corrected chi connectivity index (χ2v) is 7.04. The van der Waals surface area contributed by atoms with Crippen molar-refractivity contribution < 1.29 is 0 Å². The van der Waals surface area contributed by atoms with E-state index >= 15 is 0 Å². The second kappa shape index (κ2) is 6.93. The van der Waals surface area contributed by atoms with Crippen LogP contribution in [0.25, 0.3) is 0 Å². The van der Waals surface area contributed by atoms with Crippen molar-refractivity contribution in [3.05, 3.63) is 11.8 Å². The summed E-state index contributed by atoms with van der Waals surface area (Å²) in [5, 5.41) is 0. The molecule has 11 heavy (non-hydrogen) atoms. The number of rotatable bonds is 5. The summed E-state index contributed by atoms with van der Waals surface area (Å²) in [6, 6.07) is 1.25. The molecule has 0 aliphatic rings. The summed E-state index contributed by atoms with van der Waals surface area (Å²) >= 11 is 6.12. The van der Waals surface area contributed by atoms with Crippen LogP contribution in [0, 0.1) is 5.92 Å². The van der Waals surface area contributed by atoms with E-state index in [2.05, 4.69) is 25.6 Å². The normalized spacial score (nSPS) is 14.6. The van der Waals surface area contributed by atoms with Gasteiger partial charge in [-0.25, -0.2) is 0 Å². The highest BCUT2D eigenvalue weighted by atomic mass is 35.6. The van der Waals surface area contributed by atoms with Crippen LogP contribution in [0.5, 0.6) is 0 Å². The van der Waals surface area contributed by atoms with Crippen LogP contribution in [0.4, 0.5) is 0 Å². The van der Waals surface area contributed by atoms with Gasteiger partial charge in [-0.1, -0.05) is 38.5 Å². The van der Waals surface area contributed by atoms with Crippen molar-refractivity contribution in [2.45, 2.75) is 39.7 Å². The van der Waals surface area contributed by atoms with Crippen molar-refractivity contribution in [1.29, 1.82) is 0 Å². The van der Waals surface area contributed by atoms with Gasteiger partial charge in [0.2, 0.25) is 0 Å². The van der Waals surface area contributed by atoms with Crippen LogP contribution >= 0.6 is 11.1 Å². The average molecular weight is 191 g/mol. The van der Waals surface area contributed by atoms with Gasteiger partial charge in [0, 0.05) is 0 Å². The van der Waals surface area contributed by atoms with E-state index in [9.17, 15) is 0 Å². The summed E-state index contributed by atoms with van der Waals surface area (Å²) in [5.41, 5.74) is 2.20. The Morgan fingerprint density at radius 2 is 2.09 bits per heavy atom. The zero-order valence-electron chi connectivity index (χ0n) is 7.81. The van der Waals surface area contributed by atoms with Gasteiger partial charge in [0.05, 0.1) is 0 Å². The minimum absolute atomic E-state index is 0.832. The summed E-state index contributed by atoms with van der Waals surface area (Å²) in [4.78, 5) is 0. The monoisotopic (exact) mass is 190 g/mol. The summed E-state index contributed by atoms with van der Waals surface area (Å²) in [6.45, 7) is 6.58. The number of halogens is 1. The van der Waals surface area contributed by atoms with Crippen molar-refractivity contribution in [3.8, 4) is 0 Å². The van der Waals surface area contributed by atoms with E-state index in [1.54, 1.807) is 0 Å². The Kier molecular flexibility index (Phi) is 7.08. The molecule has 0 aromatic carbocycles. The van der Waals surface area contributed by atoms with Gasteiger partial charge in [0.1, 0.15) is 0 Å². The van der Waals surface area contributed by atoms with Crippen molar-refractivity contribution >= 4 is 19.2 Å². The fourth-order valence-electron chi connectivity index (χ4n) is 1.03. The molecule has 0 aromatic rings. The summed E-state index contributed by atoms with van der Waals surface area (Å²) in [7, 11) is -0.969. The maximum Gasteiger partial charge on any atom is 0.164 e. The first-order chi connectivity index (χ1) is 5.16. The molecule has 0 aliphatic heterocycles. The van der Waals surface area contributed by atoms with E-state index in [4.69, 9.17) is 11.1 Å². The standard InChI is InChI=1S/C9H19ClSi/c1-4-7-11(10)8-5-6-9(2)3/h4,7,9,11H,5-6,8H2,1-3H3. The molecule has 0 fully saturated rings. The highest BCUT2D eigenvalue weighted by Gasteiger charge is 2.01. The molecule has 2 heteroatoms. The molecule has 0 saturated heterocycles. The van der Waals surface area contributed by atoms with Crippen LogP contribution in [-0.4, -0.2) is 8.11 Å². The van der Waals surface area contributed by atoms with Crippen molar-refractivity contribution in [2.24, 2.45) is 5.92 Å². The van der Waals surface area contributed by atoms with Gasteiger partial charge in [-0.15, -0.1) is 0 Å². The van der Waals surface area contributed by atoms with Gasteiger partial charge in [-0.2, -0.15) is 11.1 Å². The van der Waals surface area contributed by atoms with Crippen molar-refractivity contribution in [1.82, 2.24) is 0 Å². The molecule has 0 aromatic heterocycles. The largest absolute Gasteiger partial charge is 0.166 e. The first kappa shape index (κ1) is 11.2. The van der Waals surface area contributed by atoms with Crippen LogP contribution in [-0.2, 0) is 0 Å². The topological polar surface area (TPSA) is 0 Å². The van der Waals surface area contributed by atoms with E-state index in [-0.39, 0.29) is 0 Å². The predicted molar refractivity (Wildman–Crippen MR) is 56.7 cm³/mol. The molecule has 0 radical (unpaired) electrons. The van der Waals surface area contributed by atoms with E-state index in [1.807, 2.05) is 6.92 Å². The van der Waals surface area contributed by atoms with Crippen molar-refractivity contribution in [3.63, 3.8) is 0 Å². The van der Waals surface area contributed by atoms with Crippen LogP contribution < -0.4 is 0 Å². The molecule has 0 bridgehead atoms. The molecule has 0 amide bonds. The predicted octanol–water partition coefficient (Wildman–Crippen LogP) is 3.50. The second-order valence-electron chi connectivity index (χ2n) is 3.37. The molecular weight excluding hydrogens is 172 g/mol. The zero-order chi connectivity index (χ0) is 8.69. The Labute approximate surface area is 77.0 Å². The number of hydrogen-bond donors (Lipinski definition) is 0. The quantitative estimate of drug-likeness (QED) is 0.460. The van der Waals surface area contributed by atoms with Gasteiger partial charge >= 0.3 is 0 Å². The first-order valence-corrected chi connectivity index (χ1v) is 7.66. The third-order valence-electron chi connectivity index (χ3n) is 1.66. The molecule has 0 nitrogen and oxygen atoms in total. The van der Waals surface area contributed by atoms with Gasteiger partial charge in [-0.05, 0) is 18.9 Å². The molecule has 1 unspecified atom stereocenters. The fourth-order valence-corrected chi connectivity index (χ4v) is 3.16. The lowest BCUT2D eigenvalue weighted by molar-refractivity contribution is 0.575. The van der Waals surface area contributed by atoms with E-state index < -0.39 is 8.11 Å². The Hall–Kier alpha value is 0.247. The Bertz CT molecular complexity index is 110. The summed E-state index contributed by atoms with van der Waals surface area (Å²) in [6.07, 6.45) is 4.72. The van der Waals surface area contributed by atoms with Crippen LogP contribution in [0.1, 0.15) is 33.6 Å². The smallest absolute Gasteiger partial charge is 0.164 e. The van der Waals surface area contributed by atoms with E-state index in [0.717, 1.165) is 5.92 Å². The van der Waals surface area contributed by atoms with E-state index in [1.165, 1.54) is 18.9 Å². The summed E-state index contributed by atoms with van der Waals surface area (Å²) < 4.78 is 0. The molecular formula is C9H19ClSi. The lowest BCUT2D eigenvalue weighted by Crippen LogP contribution is -1.99. The minimum Gasteiger partial charge on any atom is -0.166 e. The van der Waals surface area contributed by atoms with Gasteiger partial charge in [0.25, 0.3) is 0 Å². The Balaban J connectivity index is 3.24. The van der Waals surface area contributed by atoms with Gasteiger partial charge in [0.15, 0.2) is 8.11 Å². The molecule has 1 atom stereocenters. The minimum atomic E-state index is -0.969. The summed E-state index contributed by atoms with van der Waals surface area (Å²) in [5.74, 6) is 0.832. The molecule has 0 aliphatic carbocycles. The maximum atomic E-state index is 6.12. The molecule has 66 valence electrons. The third kappa shape index (κ3) is 8.15. The molecule has 0 heterocycles. The zero-order valence-corrected chi connectivity index (χ0v) is 9.72. The lowest BCUT2D eigenvalue weighted by atomic mass is 10.1. The molecule has 0 spiro atoms. The Morgan fingerprint density at radius 1 is 1.45 bits per heavy atom. The highest BCUT2D eigenvalue weighted by Crippen LogP contribution is 2.11. The maximum absolute atomic E-state index is 6.12. The SMILES string of the molecule is CC=C[SiH](Cl)CCCC(C)C. The third-order valence-corrected chi connectivity index (χ3v) is 4.52. The number of hydrogen-bond acceptors (Lipinski definition) is 0. The van der Waals surface area contributed by atoms with Gasteiger partial charge < -0.3 is 0 Å². The molecule has 0 N–H and O–H groups in total. The van der Waals surface area contributed by atoms with Gasteiger partial charge in [-0.3, -0.25) is 0 Å². The van der Waals surface area contributed by atoms with Crippen molar-refractivity contribution in [2.75, 3.05) is 0 Å². The van der Waals surface area contributed by atoms with Crippen LogP contribution in [0.3, 0.4) is 0 Å². The van der Waals surface area contributed by atoms with E-state index in [0.29, 0.717) is 0 Å². The molecule has 0 saturated carbocycles. The number of allylic oxidation sites excluding steroid dienone is 1. The van der Waals surface area contributed by atoms with Crippen LogP contribution in [0.2, 0.25) is 6.04 Å². The fraction of sp³-hybridized carbons (Fsp3) is 0.778. The average Bonchev–Trinajstić information content (AvgIpc) is 1.87. The molecule has 0 rings (SSSR count). The van der Waals surface area contributed by atoms with Crippen LogP contribution in [0.15, 0.2) is 11.8 Å². The lowest BCUT2D eigenvalue weighted by Gasteiger charge is -2.04. The Morgan fingerprint density at radius 3 is 2.55 bits per heavy atom. The first-order valence-electron chi connectivity index (χ1n) is 4.43.